The van der Waals surface area contributed by atoms with Crippen LogP contribution in [0, 0.1) is 6.92 Å². The van der Waals surface area contributed by atoms with E-state index in [0.29, 0.717) is 17.1 Å². The quantitative estimate of drug-likeness (QED) is 0.527. The van der Waals surface area contributed by atoms with Gasteiger partial charge in [0.2, 0.25) is 0 Å². The highest BCUT2D eigenvalue weighted by molar-refractivity contribution is 7.11. The maximum absolute atomic E-state index is 13.2. The average Bonchev–Trinajstić information content (AvgIpc) is 3.47. The molecule has 8 nitrogen and oxygen atoms in total. The zero-order valence-electron chi connectivity index (χ0n) is 19.8. The topological polar surface area (TPSA) is 96.1 Å². The van der Waals surface area contributed by atoms with Crippen LogP contribution in [0.5, 0.6) is 5.75 Å². The lowest BCUT2D eigenvalue weighted by Gasteiger charge is -2.57. The number of thiazole rings is 1. The molecule has 2 aromatic heterocycles. The molecule has 1 amide bonds. The van der Waals surface area contributed by atoms with Crippen LogP contribution < -0.4 is 4.74 Å². The van der Waals surface area contributed by atoms with Crippen molar-refractivity contribution in [1.82, 2.24) is 14.8 Å². The fourth-order valence-electron chi connectivity index (χ4n) is 4.71. The van der Waals surface area contributed by atoms with E-state index in [1.54, 1.807) is 18.4 Å². The molecule has 2 saturated heterocycles. The normalized spacial score (nSPS) is 20.1. The fraction of sp³-hybridized carbons (Fsp3) is 0.458. The number of aliphatic carboxylic acids is 1. The fourth-order valence-corrected chi connectivity index (χ4v) is 5.52. The third kappa shape index (κ3) is 5.34. The Bertz CT molecular complexity index is 1260. The number of nitrogens with zero attached hydrogens (tertiary/aromatic N) is 3. The minimum atomic E-state index is -5.08. The molecule has 0 radical (unpaired) electrons. The monoisotopic (exact) mass is 525 g/mol. The van der Waals surface area contributed by atoms with Crippen molar-refractivity contribution < 1.29 is 37.0 Å². The first-order chi connectivity index (χ1) is 17.0. The van der Waals surface area contributed by atoms with Crippen molar-refractivity contribution in [3.05, 3.63) is 46.1 Å². The molecule has 5 rings (SSSR count). The first-order valence-electron chi connectivity index (χ1n) is 11.3. The van der Waals surface area contributed by atoms with Gasteiger partial charge in [0.05, 0.1) is 12.1 Å². The number of hydrogen-bond acceptors (Lipinski definition) is 7. The highest BCUT2D eigenvalue weighted by Gasteiger charge is 2.48. The number of aryl methyl sites for hydroxylation is 1. The van der Waals surface area contributed by atoms with E-state index in [-0.39, 0.29) is 11.4 Å². The summed E-state index contributed by atoms with van der Waals surface area (Å²) < 4.78 is 43.0. The summed E-state index contributed by atoms with van der Waals surface area (Å²) in [5, 5.41) is 9.13. The number of carbonyl (C=O) groups excluding carboxylic acids is 1. The van der Waals surface area contributed by atoms with Gasteiger partial charge >= 0.3 is 12.1 Å². The number of fused-ring (bicyclic) bond motifs is 1. The highest BCUT2D eigenvalue weighted by atomic mass is 32.1. The van der Waals surface area contributed by atoms with Crippen molar-refractivity contribution in [2.45, 2.75) is 44.4 Å². The van der Waals surface area contributed by atoms with Crippen molar-refractivity contribution >= 4 is 34.2 Å². The lowest BCUT2D eigenvalue weighted by molar-refractivity contribution is -0.192. The summed E-state index contributed by atoms with van der Waals surface area (Å²) in [4.78, 5) is 32.3. The smallest absolute Gasteiger partial charge is 0.490 e. The van der Waals surface area contributed by atoms with Crippen molar-refractivity contribution in [3.8, 4) is 5.75 Å². The molecule has 0 bridgehead atoms. The average molecular weight is 526 g/mol. The standard InChI is InChI=1S/C22H25N3O3S.C2HF3O2/c1-15-23-12-17(29-15)13-25-10-8-22(25)7-4-9-24(14-22)21(26)19-11-16-5-3-6-18(27-2)20(16)28-19;3-2(4,5)1(6)7/h3,5-6,11-12H,4,7-10,13-14H2,1-2H3;(H,6,7). The summed E-state index contributed by atoms with van der Waals surface area (Å²) in [5.41, 5.74) is 0.728. The number of carbonyl (C=O) groups is 2. The Hall–Kier alpha value is -3.12. The van der Waals surface area contributed by atoms with Gasteiger partial charge in [-0.2, -0.15) is 13.2 Å². The van der Waals surface area contributed by atoms with Crippen molar-refractivity contribution in [2.75, 3.05) is 26.7 Å². The van der Waals surface area contributed by atoms with Crippen LogP contribution in [-0.4, -0.2) is 70.2 Å². The Balaban J connectivity index is 0.000000384. The van der Waals surface area contributed by atoms with Gasteiger partial charge in [0.25, 0.3) is 5.91 Å². The molecule has 2 aliphatic heterocycles. The van der Waals surface area contributed by atoms with Crippen LogP contribution in [-0.2, 0) is 11.3 Å². The Labute approximate surface area is 209 Å². The summed E-state index contributed by atoms with van der Waals surface area (Å²) in [6, 6.07) is 7.54. The molecule has 12 heteroatoms. The van der Waals surface area contributed by atoms with Gasteiger partial charge in [0.1, 0.15) is 0 Å². The number of piperidine rings is 1. The van der Waals surface area contributed by atoms with Crippen molar-refractivity contribution in [1.29, 1.82) is 0 Å². The number of ether oxygens (including phenoxy) is 1. The van der Waals surface area contributed by atoms with Gasteiger partial charge < -0.3 is 19.2 Å². The second kappa shape index (κ2) is 10.1. The number of amides is 1. The number of benzene rings is 1. The molecular formula is C24H26F3N3O5S. The van der Waals surface area contributed by atoms with E-state index in [9.17, 15) is 18.0 Å². The van der Waals surface area contributed by atoms with E-state index in [0.717, 1.165) is 55.8 Å². The number of aromatic nitrogens is 1. The van der Waals surface area contributed by atoms with Crippen molar-refractivity contribution in [2.24, 2.45) is 0 Å². The van der Waals surface area contributed by atoms with Gasteiger partial charge in [-0.1, -0.05) is 12.1 Å². The van der Waals surface area contributed by atoms with Crippen LogP contribution in [0.25, 0.3) is 11.0 Å². The van der Waals surface area contributed by atoms with Gasteiger partial charge in [0.15, 0.2) is 17.1 Å². The molecule has 2 aliphatic rings. The van der Waals surface area contributed by atoms with Gasteiger partial charge in [-0.25, -0.2) is 9.78 Å². The first-order valence-corrected chi connectivity index (χ1v) is 12.2. The molecule has 1 N–H and O–H groups in total. The van der Waals surface area contributed by atoms with Crippen LogP contribution in [0.1, 0.15) is 39.7 Å². The number of carboxylic acid groups (broad SMARTS) is 1. The molecule has 194 valence electrons. The van der Waals surface area contributed by atoms with Crippen molar-refractivity contribution in [3.63, 3.8) is 0 Å². The van der Waals surface area contributed by atoms with E-state index in [1.165, 1.54) is 4.88 Å². The number of alkyl halides is 3. The number of hydrogen-bond donors (Lipinski definition) is 1. The van der Waals surface area contributed by atoms with Gasteiger partial charge in [-0.3, -0.25) is 9.69 Å². The van der Waals surface area contributed by atoms with Gasteiger partial charge in [0, 0.05) is 48.2 Å². The number of halogens is 3. The maximum atomic E-state index is 13.2. The molecule has 1 spiro atoms. The van der Waals surface area contributed by atoms with Crippen LogP contribution in [0.4, 0.5) is 13.2 Å². The zero-order chi connectivity index (χ0) is 26.1. The second-order valence-electron chi connectivity index (χ2n) is 8.86. The van der Waals surface area contributed by atoms with Crippen LogP contribution in [0.3, 0.4) is 0 Å². The van der Waals surface area contributed by atoms with E-state index < -0.39 is 12.1 Å². The first kappa shape index (κ1) is 26.0. The highest BCUT2D eigenvalue weighted by Crippen LogP contribution is 2.40. The zero-order valence-corrected chi connectivity index (χ0v) is 20.6. The number of carboxylic acids is 1. The maximum Gasteiger partial charge on any atom is 0.490 e. The van der Waals surface area contributed by atoms with Crippen LogP contribution >= 0.6 is 11.3 Å². The number of para-hydroxylation sites is 1. The number of rotatable bonds is 4. The molecule has 0 saturated carbocycles. The number of methoxy groups -OCH3 is 1. The third-order valence-corrected chi connectivity index (χ3v) is 7.45. The van der Waals surface area contributed by atoms with Crippen LogP contribution in [0.15, 0.2) is 34.9 Å². The summed E-state index contributed by atoms with van der Waals surface area (Å²) in [7, 11) is 1.61. The Morgan fingerprint density at radius 1 is 1.28 bits per heavy atom. The van der Waals surface area contributed by atoms with E-state index in [2.05, 4.69) is 9.88 Å². The molecule has 1 aromatic carbocycles. The summed E-state index contributed by atoms with van der Waals surface area (Å²) in [6.45, 7) is 5.60. The summed E-state index contributed by atoms with van der Waals surface area (Å²) >= 11 is 1.76. The molecular weight excluding hydrogens is 499 g/mol. The minimum absolute atomic E-state index is 0.0252. The lowest BCUT2D eigenvalue weighted by Crippen LogP contribution is -2.66. The largest absolute Gasteiger partial charge is 0.493 e. The van der Waals surface area contributed by atoms with Gasteiger partial charge in [-0.05, 0) is 38.3 Å². The molecule has 1 atom stereocenters. The molecule has 2 fully saturated rings. The number of likely N-dealkylation sites (tertiary alicyclic amines) is 2. The van der Waals surface area contributed by atoms with Gasteiger partial charge in [-0.15, -0.1) is 11.3 Å². The van der Waals surface area contributed by atoms with E-state index >= 15 is 0 Å². The minimum Gasteiger partial charge on any atom is -0.493 e. The summed E-state index contributed by atoms with van der Waals surface area (Å²) in [6.07, 6.45) is 0.206. The van der Waals surface area contributed by atoms with Crippen LogP contribution in [0.2, 0.25) is 0 Å². The predicted octanol–water partition coefficient (Wildman–Crippen LogP) is 4.72. The Morgan fingerprint density at radius 3 is 2.61 bits per heavy atom. The van der Waals surface area contributed by atoms with E-state index in [1.807, 2.05) is 42.3 Å². The third-order valence-electron chi connectivity index (χ3n) is 6.56. The Kier molecular flexibility index (Phi) is 7.28. The summed E-state index contributed by atoms with van der Waals surface area (Å²) in [5.74, 6) is -1.73. The lowest BCUT2D eigenvalue weighted by atomic mass is 9.77. The molecule has 3 aromatic rings. The molecule has 36 heavy (non-hydrogen) atoms. The SMILES string of the molecule is COc1cccc2cc(C(=O)N3CCCC4(CCN4Cc4cnc(C)s4)C3)oc12.O=C(O)C(F)(F)F. The number of furan rings is 1. The molecule has 0 aliphatic carbocycles. The van der Waals surface area contributed by atoms with E-state index in [4.69, 9.17) is 19.1 Å². The Morgan fingerprint density at radius 2 is 2.03 bits per heavy atom. The second-order valence-corrected chi connectivity index (χ2v) is 10.2. The molecule has 4 heterocycles. The predicted molar refractivity (Wildman–Crippen MR) is 126 cm³/mol. The molecule has 1 unspecified atom stereocenters.